The number of nitrogens with one attached hydrogen (secondary N) is 1. The third-order valence-corrected chi connectivity index (χ3v) is 4.38. The van der Waals surface area contributed by atoms with E-state index >= 15 is 0 Å². The normalized spacial score (nSPS) is 26.2. The number of allylic oxidation sites excluding steroid dienone is 3. The molecule has 3 atom stereocenters. The summed E-state index contributed by atoms with van der Waals surface area (Å²) in [6.45, 7) is 1.71. The summed E-state index contributed by atoms with van der Waals surface area (Å²) in [5, 5.41) is 3.08. The summed E-state index contributed by atoms with van der Waals surface area (Å²) in [5.74, 6) is -0.410. The van der Waals surface area contributed by atoms with E-state index in [2.05, 4.69) is 14.6 Å². The Kier molecular flexibility index (Phi) is 5.43. The first-order chi connectivity index (χ1) is 10.0. The molecule has 1 N–H and O–H groups in total. The van der Waals surface area contributed by atoms with Crippen LogP contribution in [0.5, 0.6) is 0 Å². The maximum absolute atomic E-state index is 12.8. The highest BCUT2D eigenvalue weighted by molar-refractivity contribution is 7.18. The summed E-state index contributed by atoms with van der Waals surface area (Å²) >= 11 is 0. The zero-order valence-electron chi connectivity index (χ0n) is 12.0. The van der Waals surface area contributed by atoms with Gasteiger partial charge in [-0.25, -0.2) is 4.39 Å². The molecule has 4 nitrogen and oxygen atoms in total. The zero-order chi connectivity index (χ0) is 15.4. The topological polar surface area (TPSA) is 49.4 Å². The smallest absolute Gasteiger partial charge is 0.230 e. The van der Waals surface area contributed by atoms with Crippen LogP contribution in [0.4, 0.5) is 4.39 Å². The van der Waals surface area contributed by atoms with E-state index in [1.807, 2.05) is 13.0 Å². The van der Waals surface area contributed by atoms with E-state index < -0.39 is 6.67 Å². The lowest BCUT2D eigenvalue weighted by molar-refractivity contribution is -0.135. The molecule has 114 valence electrons. The Morgan fingerprint density at radius 2 is 2.29 bits per heavy atom. The summed E-state index contributed by atoms with van der Waals surface area (Å²) < 4.78 is 12.8. The molecule has 2 aliphatic rings. The number of rotatable bonds is 4. The van der Waals surface area contributed by atoms with Crippen LogP contribution < -0.4 is 5.32 Å². The van der Waals surface area contributed by atoms with Crippen LogP contribution in [0.3, 0.4) is 0 Å². The van der Waals surface area contributed by atoms with Gasteiger partial charge in [0.2, 0.25) is 5.91 Å². The van der Waals surface area contributed by atoms with Crippen molar-refractivity contribution in [3.05, 3.63) is 35.6 Å². The second-order valence-electron chi connectivity index (χ2n) is 5.34. The second kappa shape index (κ2) is 7.10. The molecule has 0 spiro atoms. The Labute approximate surface area is 126 Å². The fourth-order valence-corrected chi connectivity index (χ4v) is 2.59. The molecular formula is C15H20FN2O2P. The first-order valence-electron chi connectivity index (χ1n) is 6.97. The van der Waals surface area contributed by atoms with Gasteiger partial charge in [0.25, 0.3) is 0 Å². The summed E-state index contributed by atoms with van der Waals surface area (Å²) in [6, 6.07) is 0. The van der Waals surface area contributed by atoms with E-state index in [1.165, 1.54) is 4.90 Å². The minimum Gasteiger partial charge on any atom is -0.311 e. The quantitative estimate of drug-likeness (QED) is 0.802. The number of nitrogens with zero attached hydrogens (tertiary/aromatic N) is 1. The summed E-state index contributed by atoms with van der Waals surface area (Å²) in [5.41, 5.74) is 1.15. The number of carbonyl (C=O) groups excluding carboxylic acids is 2. The molecule has 0 aromatic rings. The van der Waals surface area contributed by atoms with Gasteiger partial charge in [-0.15, -0.1) is 9.24 Å². The largest absolute Gasteiger partial charge is 0.311 e. The number of hydrogen-bond donors (Lipinski definition) is 1. The van der Waals surface area contributed by atoms with Gasteiger partial charge in [0.05, 0.1) is 6.54 Å². The van der Waals surface area contributed by atoms with Gasteiger partial charge in [-0.05, 0) is 12.0 Å². The highest BCUT2D eigenvalue weighted by atomic mass is 31.0. The van der Waals surface area contributed by atoms with Crippen molar-refractivity contribution in [2.75, 3.05) is 19.8 Å². The molecule has 0 aliphatic carbocycles. The van der Waals surface area contributed by atoms with E-state index in [0.717, 1.165) is 0 Å². The lowest BCUT2D eigenvalue weighted by atomic mass is 10.0. The molecule has 1 amide bonds. The summed E-state index contributed by atoms with van der Waals surface area (Å²) in [6.07, 6.45) is 7.58. The highest BCUT2D eigenvalue weighted by Crippen LogP contribution is 2.17. The van der Waals surface area contributed by atoms with Crippen LogP contribution in [0.1, 0.15) is 13.3 Å². The van der Waals surface area contributed by atoms with Crippen LogP contribution in [0.15, 0.2) is 35.6 Å². The maximum atomic E-state index is 12.8. The highest BCUT2D eigenvalue weighted by Gasteiger charge is 2.25. The van der Waals surface area contributed by atoms with Crippen LogP contribution in [-0.2, 0) is 9.59 Å². The molecule has 0 saturated heterocycles. The molecule has 0 bridgehead atoms. The van der Waals surface area contributed by atoms with Crippen molar-refractivity contribution < 1.29 is 14.0 Å². The van der Waals surface area contributed by atoms with Crippen molar-refractivity contribution in [1.82, 2.24) is 10.2 Å². The van der Waals surface area contributed by atoms with Crippen LogP contribution in [0, 0.1) is 5.92 Å². The van der Waals surface area contributed by atoms with Gasteiger partial charge in [0.15, 0.2) is 5.78 Å². The van der Waals surface area contributed by atoms with Crippen molar-refractivity contribution in [3.8, 4) is 0 Å². The van der Waals surface area contributed by atoms with Gasteiger partial charge in [-0.2, -0.15) is 0 Å². The second-order valence-corrected chi connectivity index (χ2v) is 6.00. The van der Waals surface area contributed by atoms with E-state index in [4.69, 9.17) is 0 Å². The molecule has 2 aliphatic heterocycles. The predicted octanol–water partition coefficient (Wildman–Crippen LogP) is 1.56. The van der Waals surface area contributed by atoms with Crippen LogP contribution in [0.25, 0.3) is 0 Å². The van der Waals surface area contributed by atoms with E-state index in [1.54, 1.807) is 18.4 Å². The standard InChI is InChI=1S/C15H20FN2O2P/c1-10-3-2-6-18(15(10)20)9-13(19)12-5-4-11(7-16)14(21)17-8-12/h2,4-6,10,14,17H,3,7-9,21H2,1H3. The fraction of sp³-hybridized carbons (Fsp3) is 0.467. The van der Waals surface area contributed by atoms with Crippen LogP contribution in [0.2, 0.25) is 0 Å². The molecule has 3 unspecified atom stereocenters. The average Bonchev–Trinajstić information content (AvgIpc) is 2.65. The zero-order valence-corrected chi connectivity index (χ0v) is 13.2. The molecule has 0 saturated carbocycles. The number of amides is 1. The van der Waals surface area contributed by atoms with Gasteiger partial charge in [-0.1, -0.05) is 25.2 Å². The van der Waals surface area contributed by atoms with Gasteiger partial charge in [-0.3, -0.25) is 9.59 Å². The molecular weight excluding hydrogens is 290 g/mol. The van der Waals surface area contributed by atoms with Gasteiger partial charge >= 0.3 is 0 Å². The summed E-state index contributed by atoms with van der Waals surface area (Å²) in [4.78, 5) is 25.8. The lowest BCUT2D eigenvalue weighted by Crippen LogP contribution is -2.38. The number of hydrogen-bond acceptors (Lipinski definition) is 3. The molecule has 6 heteroatoms. The third-order valence-electron chi connectivity index (χ3n) is 3.72. The van der Waals surface area contributed by atoms with E-state index in [9.17, 15) is 14.0 Å². The van der Waals surface area contributed by atoms with E-state index in [0.29, 0.717) is 24.1 Å². The predicted molar refractivity (Wildman–Crippen MR) is 83.3 cm³/mol. The van der Waals surface area contributed by atoms with Crippen molar-refractivity contribution >= 4 is 20.9 Å². The number of carbonyl (C=O) groups is 2. The Hall–Kier alpha value is -1.32. The van der Waals surface area contributed by atoms with Crippen LogP contribution >= 0.6 is 9.24 Å². The Morgan fingerprint density at radius 3 is 3.00 bits per heavy atom. The molecule has 2 rings (SSSR count). The average molecular weight is 310 g/mol. The Morgan fingerprint density at radius 1 is 1.52 bits per heavy atom. The lowest BCUT2D eigenvalue weighted by Gasteiger charge is -2.25. The minimum atomic E-state index is -0.552. The third kappa shape index (κ3) is 3.86. The number of halogens is 1. The van der Waals surface area contributed by atoms with Crippen LogP contribution in [-0.4, -0.2) is 42.1 Å². The van der Waals surface area contributed by atoms with Crippen molar-refractivity contribution in [1.29, 1.82) is 0 Å². The molecule has 0 aromatic carbocycles. The molecule has 2 heterocycles. The fourth-order valence-electron chi connectivity index (χ4n) is 2.28. The number of Topliss-reactive ketones (excluding diaryl/α,β-unsaturated/α-hetero) is 1. The molecule has 0 aromatic heterocycles. The molecule has 21 heavy (non-hydrogen) atoms. The monoisotopic (exact) mass is 310 g/mol. The van der Waals surface area contributed by atoms with Gasteiger partial charge in [0, 0.05) is 30.0 Å². The summed E-state index contributed by atoms with van der Waals surface area (Å²) in [7, 11) is 2.51. The van der Waals surface area contributed by atoms with Crippen molar-refractivity contribution in [3.63, 3.8) is 0 Å². The van der Waals surface area contributed by atoms with Crippen molar-refractivity contribution in [2.24, 2.45) is 5.92 Å². The SMILES string of the molecule is CC1CC=CN(CC(=O)C2=CC=C(CF)C(P)NC2)C1=O. The first-order valence-corrected chi connectivity index (χ1v) is 7.64. The Bertz CT molecular complexity index is 528. The molecule has 0 radical (unpaired) electrons. The molecule has 0 fully saturated rings. The van der Waals surface area contributed by atoms with Crippen molar-refractivity contribution in [2.45, 2.75) is 19.1 Å². The number of alkyl halides is 1. The minimum absolute atomic E-state index is 0.0306. The Balaban J connectivity index is 2.05. The number of ketones is 1. The maximum Gasteiger partial charge on any atom is 0.230 e. The first kappa shape index (κ1) is 16.1. The van der Waals surface area contributed by atoms with Gasteiger partial charge in [0.1, 0.15) is 6.67 Å². The van der Waals surface area contributed by atoms with Gasteiger partial charge < -0.3 is 10.2 Å². The van der Waals surface area contributed by atoms with E-state index in [-0.39, 0.29) is 29.9 Å².